The highest BCUT2D eigenvalue weighted by molar-refractivity contribution is 5.81. The van der Waals surface area contributed by atoms with Crippen molar-refractivity contribution in [3.05, 3.63) is 35.4 Å². The molecule has 170 valence electrons. The molecule has 0 aromatic heterocycles. The lowest BCUT2D eigenvalue weighted by Gasteiger charge is -2.31. The number of rotatable bonds is 7. The Kier molecular flexibility index (Phi) is 8.28. The molecule has 1 aromatic carbocycles. The molecule has 2 unspecified atom stereocenters. The second-order valence-electron chi connectivity index (χ2n) is 8.65. The first-order valence-corrected chi connectivity index (χ1v) is 11.3. The molecule has 2 heterocycles. The number of guanidine groups is 1. The van der Waals surface area contributed by atoms with Gasteiger partial charge in [0.15, 0.2) is 5.96 Å². The van der Waals surface area contributed by atoms with Gasteiger partial charge in [0, 0.05) is 45.7 Å². The van der Waals surface area contributed by atoms with Crippen molar-refractivity contribution in [2.75, 3.05) is 33.2 Å². The third-order valence-electron chi connectivity index (χ3n) is 6.04. The average Bonchev–Trinajstić information content (AvgIpc) is 2.75. The Labute approximate surface area is 185 Å². The quantitative estimate of drug-likeness (QED) is 0.445. The molecule has 2 saturated heterocycles. The molecule has 2 atom stereocenters. The zero-order valence-corrected chi connectivity index (χ0v) is 18.8. The molecular formula is C23H36N6O2. The van der Waals surface area contributed by atoms with E-state index in [0.29, 0.717) is 19.5 Å². The van der Waals surface area contributed by atoms with Crippen molar-refractivity contribution in [2.24, 2.45) is 16.6 Å². The highest BCUT2D eigenvalue weighted by Gasteiger charge is 2.24. The fourth-order valence-corrected chi connectivity index (χ4v) is 4.33. The molecule has 1 aromatic rings. The molecule has 2 fully saturated rings. The number of carbonyl (C=O) groups excluding carboxylic acids is 2. The fourth-order valence-electron chi connectivity index (χ4n) is 4.33. The summed E-state index contributed by atoms with van der Waals surface area (Å²) in [6, 6.07) is 8.68. The van der Waals surface area contributed by atoms with Crippen LogP contribution in [0.1, 0.15) is 43.7 Å². The molecule has 3 rings (SSSR count). The summed E-state index contributed by atoms with van der Waals surface area (Å²) in [4.78, 5) is 32.1. The van der Waals surface area contributed by atoms with Gasteiger partial charge in [-0.1, -0.05) is 24.3 Å². The third-order valence-corrected chi connectivity index (χ3v) is 6.04. The maximum atomic E-state index is 11.7. The monoisotopic (exact) mass is 428 g/mol. The molecule has 31 heavy (non-hydrogen) atoms. The Morgan fingerprint density at radius 2 is 2.06 bits per heavy atom. The van der Waals surface area contributed by atoms with Crippen molar-refractivity contribution < 1.29 is 9.59 Å². The summed E-state index contributed by atoms with van der Waals surface area (Å²) in [5.41, 5.74) is 7.88. The summed E-state index contributed by atoms with van der Waals surface area (Å²) in [6.45, 7) is 6.66. The van der Waals surface area contributed by atoms with Crippen LogP contribution >= 0.6 is 0 Å². The van der Waals surface area contributed by atoms with Crippen molar-refractivity contribution in [3.8, 4) is 0 Å². The lowest BCUT2D eigenvalue weighted by molar-refractivity contribution is -0.132. The van der Waals surface area contributed by atoms with E-state index in [1.165, 1.54) is 5.56 Å². The second-order valence-corrected chi connectivity index (χ2v) is 8.65. The highest BCUT2D eigenvalue weighted by atomic mass is 16.2. The van der Waals surface area contributed by atoms with Crippen molar-refractivity contribution >= 4 is 17.8 Å². The Morgan fingerprint density at radius 3 is 2.81 bits per heavy atom. The number of benzene rings is 1. The zero-order valence-electron chi connectivity index (χ0n) is 18.8. The van der Waals surface area contributed by atoms with Gasteiger partial charge in [0.2, 0.25) is 11.8 Å². The number of aliphatic imine (C=N–C) groups is 1. The minimum Gasteiger partial charge on any atom is -0.369 e. The van der Waals surface area contributed by atoms with Crippen LogP contribution in [0.5, 0.6) is 0 Å². The fraction of sp³-hybridized carbons (Fsp3) is 0.609. The standard InChI is InChI=1S/C23H36N6O2/c1-3-25-23(27-20-9-10-21(30)28(2)16-20)26-13-17-6-4-7-18(12-17)14-29-11-5-8-19(15-29)22(24)31/h4,6-7,12,19-20H,3,5,8-11,13-16H2,1-2H3,(H2,24,31)(H2,25,26,27). The number of hydrogen-bond acceptors (Lipinski definition) is 4. The number of amides is 2. The van der Waals surface area contributed by atoms with Crippen LogP contribution in [0.2, 0.25) is 0 Å². The number of likely N-dealkylation sites (tertiary alicyclic amines) is 2. The number of carbonyl (C=O) groups is 2. The number of hydrogen-bond donors (Lipinski definition) is 3. The van der Waals surface area contributed by atoms with Gasteiger partial charge in [0.25, 0.3) is 0 Å². The summed E-state index contributed by atoms with van der Waals surface area (Å²) in [7, 11) is 1.85. The summed E-state index contributed by atoms with van der Waals surface area (Å²) in [5, 5.41) is 6.77. The first kappa shape index (κ1) is 23.1. The molecule has 2 aliphatic rings. The van der Waals surface area contributed by atoms with E-state index in [1.807, 2.05) is 14.0 Å². The van der Waals surface area contributed by atoms with Crippen LogP contribution in [0.15, 0.2) is 29.3 Å². The SMILES string of the molecule is CCNC(=NCc1cccc(CN2CCCC(C(N)=O)C2)c1)NC1CCC(=O)N(C)C1. The Balaban J connectivity index is 1.58. The third kappa shape index (κ3) is 6.95. The molecule has 8 nitrogen and oxygen atoms in total. The first-order valence-electron chi connectivity index (χ1n) is 11.3. The largest absolute Gasteiger partial charge is 0.369 e. The molecule has 4 N–H and O–H groups in total. The van der Waals surface area contributed by atoms with Crippen LogP contribution in [0.25, 0.3) is 0 Å². The van der Waals surface area contributed by atoms with Crippen molar-refractivity contribution in [1.29, 1.82) is 0 Å². The Hall–Kier alpha value is -2.61. The first-order chi connectivity index (χ1) is 14.9. The molecule has 0 bridgehead atoms. The minimum absolute atomic E-state index is 0.0376. The van der Waals surface area contributed by atoms with E-state index in [2.05, 4.69) is 39.8 Å². The van der Waals surface area contributed by atoms with Crippen molar-refractivity contribution in [3.63, 3.8) is 0 Å². The summed E-state index contributed by atoms with van der Waals surface area (Å²) >= 11 is 0. The number of nitrogens with zero attached hydrogens (tertiary/aromatic N) is 3. The number of piperidine rings is 2. The van der Waals surface area contributed by atoms with Gasteiger partial charge in [0.1, 0.15) is 0 Å². The predicted octanol–water partition coefficient (Wildman–Crippen LogP) is 1.06. The molecule has 2 aliphatic heterocycles. The lowest BCUT2D eigenvalue weighted by Crippen LogP contribution is -2.51. The van der Waals surface area contributed by atoms with Crippen LogP contribution in [0, 0.1) is 5.92 Å². The van der Waals surface area contributed by atoms with E-state index >= 15 is 0 Å². The van der Waals surface area contributed by atoms with Gasteiger partial charge >= 0.3 is 0 Å². The normalized spacial score (nSPS) is 23.0. The van der Waals surface area contributed by atoms with E-state index in [1.54, 1.807) is 4.90 Å². The van der Waals surface area contributed by atoms with Gasteiger partial charge in [-0.05, 0) is 43.9 Å². The van der Waals surface area contributed by atoms with E-state index in [-0.39, 0.29) is 23.8 Å². The van der Waals surface area contributed by atoms with Crippen LogP contribution in [-0.4, -0.2) is 66.8 Å². The van der Waals surface area contributed by atoms with Crippen molar-refractivity contribution in [2.45, 2.75) is 51.7 Å². The second kappa shape index (κ2) is 11.1. The zero-order chi connectivity index (χ0) is 22.2. The molecule has 0 saturated carbocycles. The predicted molar refractivity (Wildman–Crippen MR) is 122 cm³/mol. The topological polar surface area (TPSA) is 103 Å². The number of likely N-dealkylation sites (N-methyl/N-ethyl adjacent to an activating group) is 1. The van der Waals surface area contributed by atoms with Crippen LogP contribution in [0.3, 0.4) is 0 Å². The van der Waals surface area contributed by atoms with Gasteiger partial charge in [-0.3, -0.25) is 14.5 Å². The van der Waals surface area contributed by atoms with Gasteiger partial charge in [0.05, 0.1) is 12.5 Å². The average molecular weight is 429 g/mol. The van der Waals surface area contributed by atoms with Gasteiger partial charge in [-0.2, -0.15) is 0 Å². The van der Waals surface area contributed by atoms with Crippen LogP contribution in [0.4, 0.5) is 0 Å². The van der Waals surface area contributed by atoms with E-state index in [4.69, 9.17) is 10.7 Å². The molecule has 0 radical (unpaired) electrons. The summed E-state index contributed by atoms with van der Waals surface area (Å²) in [6.07, 6.45) is 3.30. The molecular weight excluding hydrogens is 392 g/mol. The van der Waals surface area contributed by atoms with Gasteiger partial charge < -0.3 is 21.3 Å². The number of nitrogens with two attached hydrogens (primary N) is 1. The highest BCUT2D eigenvalue weighted by Crippen LogP contribution is 2.19. The molecule has 0 spiro atoms. The van der Waals surface area contributed by atoms with E-state index in [0.717, 1.165) is 57.0 Å². The van der Waals surface area contributed by atoms with Gasteiger partial charge in [-0.15, -0.1) is 0 Å². The Morgan fingerprint density at radius 1 is 1.26 bits per heavy atom. The Bertz CT molecular complexity index is 796. The van der Waals surface area contributed by atoms with E-state index in [9.17, 15) is 9.59 Å². The minimum atomic E-state index is -0.190. The maximum absolute atomic E-state index is 11.7. The summed E-state index contributed by atoms with van der Waals surface area (Å²) < 4.78 is 0. The summed E-state index contributed by atoms with van der Waals surface area (Å²) in [5.74, 6) is 0.753. The lowest BCUT2D eigenvalue weighted by atomic mass is 9.97. The van der Waals surface area contributed by atoms with Gasteiger partial charge in [-0.25, -0.2) is 4.99 Å². The molecule has 2 amide bonds. The van der Waals surface area contributed by atoms with Crippen molar-refractivity contribution in [1.82, 2.24) is 20.4 Å². The molecule has 8 heteroatoms. The van der Waals surface area contributed by atoms with Crippen LogP contribution in [-0.2, 0) is 22.7 Å². The maximum Gasteiger partial charge on any atom is 0.222 e. The number of nitrogens with one attached hydrogen (secondary N) is 2. The smallest absolute Gasteiger partial charge is 0.222 e. The van der Waals surface area contributed by atoms with Crippen LogP contribution < -0.4 is 16.4 Å². The molecule has 0 aliphatic carbocycles. The van der Waals surface area contributed by atoms with E-state index < -0.39 is 0 Å². The number of primary amides is 1.